The molecule has 1 aromatic carbocycles. The van der Waals surface area contributed by atoms with Crippen LogP contribution >= 0.6 is 0 Å². The molecule has 1 aliphatic rings. The van der Waals surface area contributed by atoms with Crippen LogP contribution in [0.15, 0.2) is 29.2 Å². The lowest BCUT2D eigenvalue weighted by molar-refractivity contribution is -0.117. The topological polar surface area (TPSA) is 105 Å². The molecule has 8 heteroatoms. The number of benzene rings is 1. The van der Waals surface area contributed by atoms with Crippen molar-refractivity contribution < 1.29 is 13.2 Å². The van der Waals surface area contributed by atoms with Gasteiger partial charge in [-0.1, -0.05) is 6.07 Å². The summed E-state index contributed by atoms with van der Waals surface area (Å²) in [5, 5.41) is 11.0. The number of sulfonamides is 1. The molecule has 0 saturated carbocycles. The maximum atomic E-state index is 12.1. The van der Waals surface area contributed by atoms with Crippen molar-refractivity contribution in [3.8, 4) is 0 Å². The fraction of sp³-hybridized carbons (Fsp3) is 0.500. The lowest BCUT2D eigenvalue weighted by Gasteiger charge is -2.31. The number of carbonyl (C=O) groups is 1. The average Bonchev–Trinajstić information content (AvgIpc) is 2.46. The highest BCUT2D eigenvalue weighted by atomic mass is 32.2. The third-order valence-corrected chi connectivity index (χ3v) is 4.64. The predicted molar refractivity (Wildman–Crippen MR) is 85.0 cm³/mol. The molecule has 2 rings (SSSR count). The zero-order valence-corrected chi connectivity index (χ0v) is 13.4. The Morgan fingerprint density at radius 1 is 1.45 bits per heavy atom. The van der Waals surface area contributed by atoms with Gasteiger partial charge < -0.3 is 10.6 Å². The monoisotopic (exact) mass is 326 g/mol. The van der Waals surface area contributed by atoms with Crippen LogP contribution in [0.5, 0.6) is 0 Å². The molecule has 1 atom stereocenters. The van der Waals surface area contributed by atoms with Crippen LogP contribution in [0.2, 0.25) is 0 Å². The number of likely N-dealkylation sites (N-methyl/N-ethyl adjacent to an activating group) is 1. The number of amides is 1. The molecule has 22 heavy (non-hydrogen) atoms. The minimum atomic E-state index is -3.77. The number of anilines is 1. The average molecular weight is 326 g/mol. The van der Waals surface area contributed by atoms with Crippen molar-refractivity contribution in [3.05, 3.63) is 24.3 Å². The van der Waals surface area contributed by atoms with Crippen molar-refractivity contribution in [3.63, 3.8) is 0 Å². The first-order chi connectivity index (χ1) is 10.4. The molecule has 4 N–H and O–H groups in total. The Balaban J connectivity index is 1.95. The number of piperidine rings is 1. The van der Waals surface area contributed by atoms with E-state index in [1.54, 1.807) is 12.1 Å². The molecular formula is C14H22N4O3S. The predicted octanol–water partition coefficient (Wildman–Crippen LogP) is -0.0437. The van der Waals surface area contributed by atoms with E-state index < -0.39 is 10.0 Å². The van der Waals surface area contributed by atoms with E-state index >= 15 is 0 Å². The quantitative estimate of drug-likeness (QED) is 0.704. The van der Waals surface area contributed by atoms with Crippen LogP contribution in [-0.4, -0.2) is 51.9 Å². The second-order valence-electron chi connectivity index (χ2n) is 5.48. The van der Waals surface area contributed by atoms with Crippen LogP contribution in [0.1, 0.15) is 12.8 Å². The number of carbonyl (C=O) groups excluding carboxylic acids is 1. The second kappa shape index (κ2) is 7.19. The van der Waals surface area contributed by atoms with Crippen molar-refractivity contribution in [1.82, 2.24) is 10.2 Å². The first kappa shape index (κ1) is 16.9. The first-order valence-electron chi connectivity index (χ1n) is 7.21. The van der Waals surface area contributed by atoms with Crippen LogP contribution in [0.25, 0.3) is 0 Å². The van der Waals surface area contributed by atoms with E-state index in [0.29, 0.717) is 11.7 Å². The summed E-state index contributed by atoms with van der Waals surface area (Å²) in [4.78, 5) is 14.2. The lowest BCUT2D eigenvalue weighted by Crippen LogP contribution is -2.46. The smallest absolute Gasteiger partial charge is 0.238 e. The van der Waals surface area contributed by atoms with E-state index in [1.165, 1.54) is 12.1 Å². The Bertz CT molecular complexity index is 633. The van der Waals surface area contributed by atoms with Gasteiger partial charge in [-0.25, -0.2) is 13.6 Å². The summed E-state index contributed by atoms with van der Waals surface area (Å²) in [6.45, 7) is 2.02. The zero-order valence-electron chi connectivity index (χ0n) is 12.6. The van der Waals surface area contributed by atoms with E-state index in [4.69, 9.17) is 5.14 Å². The largest absolute Gasteiger partial charge is 0.325 e. The Morgan fingerprint density at radius 3 is 2.91 bits per heavy atom. The molecular weight excluding hydrogens is 304 g/mol. The minimum absolute atomic E-state index is 0.0153. The lowest BCUT2D eigenvalue weighted by atomic mass is 10.1. The van der Waals surface area contributed by atoms with Gasteiger partial charge in [0.15, 0.2) is 0 Å². The van der Waals surface area contributed by atoms with Crippen LogP contribution < -0.4 is 15.8 Å². The van der Waals surface area contributed by atoms with Gasteiger partial charge in [0.2, 0.25) is 15.9 Å². The summed E-state index contributed by atoms with van der Waals surface area (Å²) in [6.07, 6.45) is 2.17. The highest BCUT2D eigenvalue weighted by molar-refractivity contribution is 7.89. The maximum Gasteiger partial charge on any atom is 0.238 e. The summed E-state index contributed by atoms with van der Waals surface area (Å²) in [5.41, 5.74) is 0.429. The Kier molecular flexibility index (Phi) is 5.52. The summed E-state index contributed by atoms with van der Waals surface area (Å²) >= 11 is 0. The molecule has 1 unspecified atom stereocenters. The van der Waals surface area contributed by atoms with Crippen molar-refractivity contribution >= 4 is 21.6 Å². The normalized spacial score (nSPS) is 19.8. The Labute approximate surface area is 130 Å². The molecule has 1 fully saturated rings. The van der Waals surface area contributed by atoms with Crippen molar-refractivity contribution in [1.29, 1.82) is 0 Å². The molecule has 0 bridgehead atoms. The Morgan fingerprint density at radius 2 is 2.23 bits per heavy atom. The number of primary sulfonamides is 1. The highest BCUT2D eigenvalue weighted by Gasteiger charge is 2.20. The van der Waals surface area contributed by atoms with Gasteiger partial charge in [-0.05, 0) is 44.6 Å². The fourth-order valence-electron chi connectivity index (χ4n) is 2.59. The third kappa shape index (κ3) is 4.77. The van der Waals surface area contributed by atoms with Crippen molar-refractivity contribution in [2.75, 3.05) is 32.0 Å². The van der Waals surface area contributed by atoms with Crippen LogP contribution in [-0.2, 0) is 14.8 Å². The van der Waals surface area contributed by atoms with E-state index in [0.717, 1.165) is 25.9 Å². The minimum Gasteiger partial charge on any atom is -0.325 e. The summed E-state index contributed by atoms with van der Waals surface area (Å²) in [5.74, 6) is -0.164. The molecule has 0 aliphatic carbocycles. The van der Waals surface area contributed by atoms with Crippen molar-refractivity contribution in [2.45, 2.75) is 23.8 Å². The third-order valence-electron chi connectivity index (χ3n) is 3.73. The molecule has 122 valence electrons. The SMILES string of the molecule is CNC1CCCN(CC(=O)Nc2cccc(S(N)(=O)=O)c2)C1. The number of nitrogens with two attached hydrogens (primary N) is 1. The van der Waals surface area contributed by atoms with Gasteiger partial charge in [0.1, 0.15) is 0 Å². The number of likely N-dealkylation sites (tertiary alicyclic amines) is 1. The molecule has 0 aromatic heterocycles. The van der Waals surface area contributed by atoms with E-state index in [9.17, 15) is 13.2 Å². The molecule has 1 amide bonds. The second-order valence-corrected chi connectivity index (χ2v) is 7.05. The molecule has 1 heterocycles. The maximum absolute atomic E-state index is 12.1. The van der Waals surface area contributed by atoms with Gasteiger partial charge in [0.25, 0.3) is 0 Å². The van der Waals surface area contributed by atoms with E-state index in [-0.39, 0.29) is 17.3 Å². The molecule has 1 aliphatic heterocycles. The number of rotatable bonds is 5. The number of hydrogen-bond donors (Lipinski definition) is 3. The van der Waals surface area contributed by atoms with Gasteiger partial charge in [-0.15, -0.1) is 0 Å². The Hall–Kier alpha value is -1.48. The molecule has 0 radical (unpaired) electrons. The standard InChI is InChI=1S/C14H22N4O3S/c1-16-12-5-3-7-18(9-12)10-14(19)17-11-4-2-6-13(8-11)22(15,20)21/h2,4,6,8,12,16H,3,5,7,9-10H2,1H3,(H,17,19)(H2,15,20,21). The first-order valence-corrected chi connectivity index (χ1v) is 8.75. The zero-order chi connectivity index (χ0) is 16.2. The van der Waals surface area contributed by atoms with Gasteiger partial charge in [0.05, 0.1) is 11.4 Å². The fourth-order valence-corrected chi connectivity index (χ4v) is 3.15. The van der Waals surface area contributed by atoms with Gasteiger partial charge >= 0.3 is 0 Å². The van der Waals surface area contributed by atoms with E-state index in [2.05, 4.69) is 15.5 Å². The summed E-state index contributed by atoms with van der Waals surface area (Å²) < 4.78 is 22.6. The van der Waals surface area contributed by atoms with Crippen LogP contribution in [0.4, 0.5) is 5.69 Å². The molecule has 7 nitrogen and oxygen atoms in total. The van der Waals surface area contributed by atoms with Gasteiger partial charge in [0, 0.05) is 18.3 Å². The van der Waals surface area contributed by atoms with Gasteiger partial charge in [-0.2, -0.15) is 0 Å². The summed E-state index contributed by atoms with van der Waals surface area (Å²) in [6, 6.07) is 6.35. The van der Waals surface area contributed by atoms with Crippen LogP contribution in [0.3, 0.4) is 0 Å². The number of nitrogens with one attached hydrogen (secondary N) is 2. The molecule has 1 aromatic rings. The number of hydrogen-bond acceptors (Lipinski definition) is 5. The van der Waals surface area contributed by atoms with Crippen LogP contribution in [0, 0.1) is 0 Å². The number of nitrogens with zero attached hydrogens (tertiary/aromatic N) is 1. The van der Waals surface area contributed by atoms with Crippen molar-refractivity contribution in [2.24, 2.45) is 5.14 Å². The van der Waals surface area contributed by atoms with Gasteiger partial charge in [-0.3, -0.25) is 9.69 Å². The summed E-state index contributed by atoms with van der Waals surface area (Å²) in [7, 11) is -1.85. The highest BCUT2D eigenvalue weighted by Crippen LogP contribution is 2.14. The molecule has 0 spiro atoms. The van der Waals surface area contributed by atoms with E-state index in [1.807, 2.05) is 7.05 Å². The molecule has 1 saturated heterocycles.